The quantitative estimate of drug-likeness (QED) is 0.698. The average molecular weight is 311 g/mol. The van der Waals surface area contributed by atoms with Gasteiger partial charge in [0, 0.05) is 17.3 Å². The summed E-state index contributed by atoms with van der Waals surface area (Å²) in [4.78, 5) is 12.8. The molecule has 0 unspecified atom stereocenters. The summed E-state index contributed by atoms with van der Waals surface area (Å²) >= 11 is 0. The first-order chi connectivity index (χ1) is 11.2. The highest BCUT2D eigenvalue weighted by Crippen LogP contribution is 2.43. The van der Waals surface area contributed by atoms with Crippen LogP contribution in [0.4, 0.5) is 0 Å². The Morgan fingerprint density at radius 2 is 1.83 bits per heavy atom. The number of hydrogen-bond acceptors (Lipinski definition) is 4. The molecule has 0 N–H and O–H groups in total. The first kappa shape index (κ1) is 13.9. The molecule has 4 rings (SSSR count). The van der Waals surface area contributed by atoms with Crippen molar-refractivity contribution in [2.45, 2.75) is 13.0 Å². The Kier molecular flexibility index (Phi) is 2.98. The number of methoxy groups -OCH3 is 3. The van der Waals surface area contributed by atoms with E-state index in [0.29, 0.717) is 29.2 Å². The molecule has 0 saturated heterocycles. The van der Waals surface area contributed by atoms with Crippen LogP contribution >= 0.6 is 0 Å². The first-order valence-corrected chi connectivity index (χ1v) is 7.47. The Bertz CT molecular complexity index is 1000. The van der Waals surface area contributed by atoms with Gasteiger partial charge in [-0.05, 0) is 36.2 Å². The molecule has 0 bridgehead atoms. The lowest BCUT2D eigenvalue weighted by Crippen LogP contribution is -2.18. The van der Waals surface area contributed by atoms with Crippen molar-refractivity contribution in [3.8, 4) is 17.2 Å². The second-order valence-electron chi connectivity index (χ2n) is 5.61. The largest absolute Gasteiger partial charge is 0.497 e. The summed E-state index contributed by atoms with van der Waals surface area (Å²) in [7, 11) is 4.87. The predicted octanol–water partition coefficient (Wildman–Crippen LogP) is 2.74. The summed E-state index contributed by atoms with van der Waals surface area (Å²) in [6, 6.07) is 7.48. The van der Waals surface area contributed by atoms with Crippen molar-refractivity contribution < 1.29 is 14.2 Å². The Labute approximate surface area is 133 Å². The van der Waals surface area contributed by atoms with Gasteiger partial charge in [0.25, 0.3) is 5.56 Å². The van der Waals surface area contributed by atoms with E-state index in [0.717, 1.165) is 28.3 Å². The van der Waals surface area contributed by atoms with Crippen molar-refractivity contribution in [1.82, 2.24) is 4.57 Å². The molecule has 3 aromatic rings. The zero-order valence-electron chi connectivity index (χ0n) is 13.3. The maximum atomic E-state index is 12.8. The van der Waals surface area contributed by atoms with Crippen LogP contribution in [0.1, 0.15) is 5.56 Å². The molecule has 1 aliphatic heterocycles. The topological polar surface area (TPSA) is 49.7 Å². The number of rotatable bonds is 3. The third kappa shape index (κ3) is 1.76. The minimum atomic E-state index is 0.0288. The van der Waals surface area contributed by atoms with E-state index >= 15 is 0 Å². The molecule has 2 heterocycles. The molecule has 1 aromatic heterocycles. The number of benzene rings is 2. The molecule has 5 heteroatoms. The van der Waals surface area contributed by atoms with E-state index in [4.69, 9.17) is 14.2 Å². The maximum Gasteiger partial charge on any atom is 0.258 e. The molecule has 1 aliphatic rings. The standard InChI is InChI=1S/C18H17NO4/c1-21-11-4-5-12-13(9-11)15-16-10(6-7-19(16)18(12)20)8-14(22-2)17(15)23-3/h4-5,8-9H,6-7H2,1-3H3. The summed E-state index contributed by atoms with van der Waals surface area (Å²) in [6.45, 7) is 0.683. The Morgan fingerprint density at radius 1 is 1.00 bits per heavy atom. The second-order valence-corrected chi connectivity index (χ2v) is 5.61. The van der Waals surface area contributed by atoms with Gasteiger partial charge in [0.05, 0.1) is 32.2 Å². The van der Waals surface area contributed by atoms with Crippen LogP contribution < -0.4 is 19.8 Å². The minimum absolute atomic E-state index is 0.0288. The van der Waals surface area contributed by atoms with Crippen LogP contribution in [0.3, 0.4) is 0 Å². The smallest absolute Gasteiger partial charge is 0.258 e. The van der Waals surface area contributed by atoms with Crippen LogP contribution in [0.15, 0.2) is 29.1 Å². The van der Waals surface area contributed by atoms with Crippen molar-refractivity contribution in [1.29, 1.82) is 0 Å². The van der Waals surface area contributed by atoms with E-state index in [9.17, 15) is 4.79 Å². The van der Waals surface area contributed by atoms with E-state index in [2.05, 4.69) is 0 Å². The van der Waals surface area contributed by atoms with Gasteiger partial charge in [0.1, 0.15) is 5.75 Å². The summed E-state index contributed by atoms with van der Waals surface area (Å²) < 4.78 is 18.3. The molecule has 0 radical (unpaired) electrons. The van der Waals surface area contributed by atoms with Crippen LogP contribution in [0, 0.1) is 0 Å². The lowest BCUT2D eigenvalue weighted by atomic mass is 10.0. The van der Waals surface area contributed by atoms with E-state index in [1.165, 1.54) is 0 Å². The van der Waals surface area contributed by atoms with Gasteiger partial charge in [-0.15, -0.1) is 0 Å². The summed E-state index contributed by atoms with van der Waals surface area (Å²) in [5, 5.41) is 2.41. The van der Waals surface area contributed by atoms with Crippen molar-refractivity contribution in [2.75, 3.05) is 21.3 Å². The van der Waals surface area contributed by atoms with Crippen molar-refractivity contribution in [2.24, 2.45) is 0 Å². The lowest BCUT2D eigenvalue weighted by molar-refractivity contribution is 0.358. The third-order valence-corrected chi connectivity index (χ3v) is 4.57. The SMILES string of the molecule is COc1ccc2c(=O)n3c4c(cc(OC)c(OC)c4c2c1)CC3. The zero-order valence-corrected chi connectivity index (χ0v) is 13.3. The summed E-state index contributed by atoms with van der Waals surface area (Å²) in [5.74, 6) is 2.05. The number of hydrogen-bond donors (Lipinski definition) is 0. The number of pyridine rings is 1. The van der Waals surface area contributed by atoms with Crippen molar-refractivity contribution in [3.63, 3.8) is 0 Å². The molecule has 0 atom stereocenters. The predicted molar refractivity (Wildman–Crippen MR) is 89.1 cm³/mol. The highest BCUT2D eigenvalue weighted by molar-refractivity contribution is 6.11. The van der Waals surface area contributed by atoms with Gasteiger partial charge in [-0.3, -0.25) is 4.79 Å². The minimum Gasteiger partial charge on any atom is -0.497 e. The number of nitrogens with zero attached hydrogens (tertiary/aromatic N) is 1. The molecule has 118 valence electrons. The Hall–Kier alpha value is -2.69. The summed E-state index contributed by atoms with van der Waals surface area (Å²) in [5.41, 5.74) is 2.08. The molecule has 0 aliphatic carbocycles. The van der Waals surface area contributed by atoms with Crippen LogP contribution in [-0.2, 0) is 13.0 Å². The fraction of sp³-hybridized carbons (Fsp3) is 0.278. The molecule has 0 spiro atoms. The molecular weight excluding hydrogens is 294 g/mol. The molecular formula is C18H17NO4. The lowest BCUT2D eigenvalue weighted by Gasteiger charge is -2.15. The third-order valence-electron chi connectivity index (χ3n) is 4.57. The van der Waals surface area contributed by atoms with Gasteiger partial charge < -0.3 is 18.8 Å². The van der Waals surface area contributed by atoms with Gasteiger partial charge in [-0.2, -0.15) is 0 Å². The summed E-state index contributed by atoms with van der Waals surface area (Å²) in [6.07, 6.45) is 0.819. The van der Waals surface area contributed by atoms with Gasteiger partial charge in [-0.1, -0.05) is 0 Å². The Balaban J connectivity index is 2.32. The monoisotopic (exact) mass is 311 g/mol. The van der Waals surface area contributed by atoms with Crippen LogP contribution in [-0.4, -0.2) is 25.9 Å². The van der Waals surface area contributed by atoms with Crippen LogP contribution in [0.5, 0.6) is 17.2 Å². The van der Waals surface area contributed by atoms with Gasteiger partial charge >= 0.3 is 0 Å². The van der Waals surface area contributed by atoms with Crippen LogP contribution in [0.25, 0.3) is 21.7 Å². The Morgan fingerprint density at radius 3 is 2.52 bits per heavy atom. The van der Waals surface area contributed by atoms with Gasteiger partial charge in [-0.25, -0.2) is 0 Å². The van der Waals surface area contributed by atoms with Crippen molar-refractivity contribution in [3.05, 3.63) is 40.2 Å². The van der Waals surface area contributed by atoms with E-state index in [1.807, 2.05) is 28.8 Å². The molecule has 5 nitrogen and oxygen atoms in total. The normalized spacial score (nSPS) is 12.8. The fourth-order valence-corrected chi connectivity index (χ4v) is 3.52. The first-order valence-electron chi connectivity index (χ1n) is 7.47. The zero-order chi connectivity index (χ0) is 16.1. The highest BCUT2D eigenvalue weighted by atomic mass is 16.5. The number of fused-ring (bicyclic) bond motifs is 2. The van der Waals surface area contributed by atoms with E-state index < -0.39 is 0 Å². The number of ether oxygens (including phenoxy) is 3. The number of aryl methyl sites for hydroxylation is 2. The van der Waals surface area contributed by atoms with Gasteiger partial charge in [0.2, 0.25) is 0 Å². The van der Waals surface area contributed by atoms with Crippen molar-refractivity contribution >= 4 is 21.7 Å². The molecule has 0 fully saturated rings. The molecule has 23 heavy (non-hydrogen) atoms. The number of aromatic nitrogens is 1. The highest BCUT2D eigenvalue weighted by Gasteiger charge is 2.24. The average Bonchev–Trinajstić information content (AvgIpc) is 3.02. The molecule has 0 amide bonds. The molecule has 0 saturated carbocycles. The second kappa shape index (κ2) is 4.91. The van der Waals surface area contributed by atoms with Crippen LogP contribution in [0.2, 0.25) is 0 Å². The fourth-order valence-electron chi connectivity index (χ4n) is 3.52. The maximum absolute atomic E-state index is 12.8. The van der Waals surface area contributed by atoms with E-state index in [-0.39, 0.29) is 5.56 Å². The van der Waals surface area contributed by atoms with Gasteiger partial charge in [0.15, 0.2) is 11.5 Å². The molecule has 2 aromatic carbocycles. The van der Waals surface area contributed by atoms with E-state index in [1.54, 1.807) is 21.3 Å².